The highest BCUT2D eigenvalue weighted by molar-refractivity contribution is 8.00. The van der Waals surface area contributed by atoms with Gasteiger partial charge in [-0.2, -0.15) is 11.8 Å². The molecule has 0 atom stereocenters. The quantitative estimate of drug-likeness (QED) is 0.872. The molecule has 1 fully saturated rings. The summed E-state index contributed by atoms with van der Waals surface area (Å²) in [6.07, 6.45) is 11.4. The van der Waals surface area contributed by atoms with Gasteiger partial charge >= 0.3 is 0 Å². The van der Waals surface area contributed by atoms with Gasteiger partial charge in [-0.25, -0.2) is 9.97 Å². The molecule has 1 aromatic rings. The second kappa shape index (κ2) is 6.92. The summed E-state index contributed by atoms with van der Waals surface area (Å²) in [4.78, 5) is 20.3. The minimum absolute atomic E-state index is 0.140. The number of nitrogens with zero attached hydrogens (tertiary/aromatic N) is 2. The first-order valence-corrected chi connectivity index (χ1v) is 8.25. The first-order valence-electron chi connectivity index (χ1n) is 7.02. The number of rotatable bonds is 5. The van der Waals surface area contributed by atoms with Crippen LogP contribution >= 0.6 is 11.8 Å². The van der Waals surface area contributed by atoms with E-state index in [9.17, 15) is 4.79 Å². The van der Waals surface area contributed by atoms with Crippen molar-refractivity contribution in [2.75, 3.05) is 25.2 Å². The van der Waals surface area contributed by atoms with Gasteiger partial charge in [0.1, 0.15) is 11.5 Å². The van der Waals surface area contributed by atoms with Crippen molar-refractivity contribution in [2.24, 2.45) is 0 Å². The number of amides is 1. The molecule has 20 heavy (non-hydrogen) atoms. The molecule has 1 amide bonds. The molecule has 5 nitrogen and oxygen atoms in total. The number of carbonyl (C=O) groups excluding carboxylic acids is 1. The fourth-order valence-corrected chi connectivity index (χ4v) is 3.47. The number of carbonyl (C=O) groups is 1. The summed E-state index contributed by atoms with van der Waals surface area (Å²) in [5.74, 6) is 0.522. The van der Waals surface area contributed by atoms with Gasteiger partial charge < -0.3 is 10.6 Å². The molecule has 1 saturated carbocycles. The van der Waals surface area contributed by atoms with E-state index in [1.165, 1.54) is 38.3 Å². The van der Waals surface area contributed by atoms with Crippen LogP contribution in [-0.2, 0) is 0 Å². The topological polar surface area (TPSA) is 66.9 Å². The second-order valence-corrected chi connectivity index (χ2v) is 6.44. The monoisotopic (exact) mass is 294 g/mol. The first-order chi connectivity index (χ1) is 9.69. The van der Waals surface area contributed by atoms with Crippen molar-refractivity contribution in [3.63, 3.8) is 0 Å². The average molecular weight is 294 g/mol. The summed E-state index contributed by atoms with van der Waals surface area (Å²) in [7, 11) is 1.77. The number of aromatic nitrogens is 2. The Bertz CT molecular complexity index is 443. The Morgan fingerprint density at radius 3 is 2.60 bits per heavy atom. The maximum absolute atomic E-state index is 12.1. The Labute approximate surface area is 124 Å². The third-order valence-corrected chi connectivity index (χ3v) is 5.33. The number of nitrogens with one attached hydrogen (secondary N) is 2. The smallest absolute Gasteiger partial charge is 0.271 e. The van der Waals surface area contributed by atoms with Crippen LogP contribution in [0.3, 0.4) is 0 Å². The van der Waals surface area contributed by atoms with E-state index in [1.807, 2.05) is 11.8 Å². The molecule has 110 valence electrons. The highest BCUT2D eigenvalue weighted by Crippen LogP contribution is 2.37. The minimum atomic E-state index is -0.140. The van der Waals surface area contributed by atoms with Crippen molar-refractivity contribution in [1.82, 2.24) is 15.3 Å². The molecule has 0 aromatic carbocycles. The molecular formula is C14H22N4OS. The van der Waals surface area contributed by atoms with Gasteiger partial charge in [-0.15, -0.1) is 0 Å². The van der Waals surface area contributed by atoms with E-state index in [2.05, 4.69) is 26.9 Å². The molecule has 0 radical (unpaired) electrons. The predicted molar refractivity (Wildman–Crippen MR) is 83.2 cm³/mol. The van der Waals surface area contributed by atoms with Crippen LogP contribution in [0.1, 0.15) is 42.6 Å². The molecule has 6 heteroatoms. The highest BCUT2D eigenvalue weighted by atomic mass is 32.2. The van der Waals surface area contributed by atoms with Gasteiger partial charge in [0.2, 0.25) is 0 Å². The lowest BCUT2D eigenvalue weighted by atomic mass is 9.88. The molecule has 0 unspecified atom stereocenters. The zero-order valence-corrected chi connectivity index (χ0v) is 12.9. The Hall–Kier alpha value is -1.30. The van der Waals surface area contributed by atoms with Crippen LogP contribution in [-0.4, -0.2) is 40.5 Å². The zero-order chi connectivity index (χ0) is 14.4. The second-order valence-electron chi connectivity index (χ2n) is 5.17. The van der Waals surface area contributed by atoms with Crippen molar-refractivity contribution in [3.05, 3.63) is 18.1 Å². The van der Waals surface area contributed by atoms with Crippen molar-refractivity contribution < 1.29 is 4.79 Å². The summed E-state index contributed by atoms with van der Waals surface area (Å²) in [6.45, 7) is 0.711. The lowest BCUT2D eigenvalue weighted by molar-refractivity contribution is 0.0941. The van der Waals surface area contributed by atoms with Gasteiger partial charge in [-0.1, -0.05) is 19.3 Å². The Kier molecular flexibility index (Phi) is 5.23. The largest absolute Gasteiger partial charge is 0.372 e. The normalized spacial score (nSPS) is 17.5. The van der Waals surface area contributed by atoms with Gasteiger partial charge in [-0.3, -0.25) is 4.79 Å². The molecule has 1 aromatic heterocycles. The third-order valence-electron chi connectivity index (χ3n) is 3.91. The molecule has 1 aliphatic carbocycles. The van der Waals surface area contributed by atoms with Crippen LogP contribution in [0.25, 0.3) is 0 Å². The van der Waals surface area contributed by atoms with Gasteiger partial charge in [0.15, 0.2) is 0 Å². The summed E-state index contributed by atoms with van der Waals surface area (Å²) in [5, 5.41) is 5.90. The number of thioether (sulfide) groups is 1. The summed E-state index contributed by atoms with van der Waals surface area (Å²) in [6, 6.07) is 0. The van der Waals surface area contributed by atoms with Crippen molar-refractivity contribution >= 4 is 23.5 Å². The lowest BCUT2D eigenvalue weighted by Crippen LogP contribution is -2.42. The Morgan fingerprint density at radius 2 is 2.05 bits per heavy atom. The third kappa shape index (κ3) is 3.62. The molecule has 1 aliphatic rings. The fraction of sp³-hybridized carbons (Fsp3) is 0.643. The zero-order valence-electron chi connectivity index (χ0n) is 12.1. The molecule has 2 rings (SSSR count). The summed E-state index contributed by atoms with van der Waals surface area (Å²) < 4.78 is 0.201. The maximum atomic E-state index is 12.1. The van der Waals surface area contributed by atoms with Crippen LogP contribution in [0.2, 0.25) is 0 Å². The van der Waals surface area contributed by atoms with E-state index >= 15 is 0 Å². The Balaban J connectivity index is 1.93. The predicted octanol–water partition coefficient (Wildman–Crippen LogP) is 2.31. The number of anilines is 1. The fourth-order valence-electron chi connectivity index (χ4n) is 2.56. The van der Waals surface area contributed by atoms with Crippen molar-refractivity contribution in [2.45, 2.75) is 36.9 Å². The van der Waals surface area contributed by atoms with Crippen molar-refractivity contribution in [3.8, 4) is 0 Å². The van der Waals surface area contributed by atoms with E-state index in [-0.39, 0.29) is 10.7 Å². The molecule has 0 saturated heterocycles. The van der Waals surface area contributed by atoms with Crippen LogP contribution in [0.4, 0.5) is 5.82 Å². The highest BCUT2D eigenvalue weighted by Gasteiger charge is 2.31. The van der Waals surface area contributed by atoms with E-state index in [0.29, 0.717) is 18.1 Å². The van der Waals surface area contributed by atoms with E-state index in [4.69, 9.17) is 0 Å². The van der Waals surface area contributed by atoms with Crippen LogP contribution < -0.4 is 10.6 Å². The summed E-state index contributed by atoms with van der Waals surface area (Å²) >= 11 is 1.88. The SMILES string of the molecule is CNc1cnc(C(=O)NCC2(SC)CCCCC2)cn1. The number of hydrogen-bond acceptors (Lipinski definition) is 5. The maximum Gasteiger partial charge on any atom is 0.271 e. The van der Waals surface area contributed by atoms with Crippen LogP contribution in [0.5, 0.6) is 0 Å². The standard InChI is InChI=1S/C14H22N4OS/c1-15-12-9-16-11(8-17-12)13(19)18-10-14(20-2)6-4-3-5-7-14/h8-9H,3-7,10H2,1-2H3,(H,15,17)(H,18,19). The van der Waals surface area contributed by atoms with Gasteiger partial charge in [0, 0.05) is 18.3 Å². The average Bonchev–Trinajstić information content (AvgIpc) is 2.53. The van der Waals surface area contributed by atoms with Crippen molar-refractivity contribution in [1.29, 1.82) is 0 Å². The molecule has 2 N–H and O–H groups in total. The van der Waals surface area contributed by atoms with Gasteiger partial charge in [-0.05, 0) is 19.1 Å². The molecule has 0 spiro atoms. The molecule has 0 aliphatic heterocycles. The Morgan fingerprint density at radius 1 is 1.30 bits per heavy atom. The first kappa shape index (κ1) is 15.1. The van der Waals surface area contributed by atoms with E-state index in [1.54, 1.807) is 13.2 Å². The lowest BCUT2D eigenvalue weighted by Gasteiger charge is -2.35. The molecular weight excluding hydrogens is 272 g/mol. The van der Waals surface area contributed by atoms with E-state index < -0.39 is 0 Å². The van der Waals surface area contributed by atoms with Gasteiger partial charge in [0.25, 0.3) is 5.91 Å². The minimum Gasteiger partial charge on any atom is -0.372 e. The van der Waals surface area contributed by atoms with Crippen LogP contribution in [0, 0.1) is 0 Å². The van der Waals surface area contributed by atoms with E-state index in [0.717, 1.165) is 0 Å². The summed E-state index contributed by atoms with van der Waals surface area (Å²) in [5.41, 5.74) is 0.371. The molecule has 1 heterocycles. The molecule has 0 bridgehead atoms. The van der Waals surface area contributed by atoms with Gasteiger partial charge in [0.05, 0.1) is 12.4 Å². The number of hydrogen-bond donors (Lipinski definition) is 2. The van der Waals surface area contributed by atoms with Crippen LogP contribution in [0.15, 0.2) is 12.4 Å².